The first-order valence-corrected chi connectivity index (χ1v) is 24.9. The quantitative estimate of drug-likeness (QED) is 0.0190. The van der Waals surface area contributed by atoms with Gasteiger partial charge in [0.15, 0.2) is 11.9 Å². The predicted octanol–water partition coefficient (Wildman–Crippen LogP) is -4.91. The van der Waals surface area contributed by atoms with Gasteiger partial charge >= 0.3 is 5.97 Å². The molecule has 3 heterocycles. The highest BCUT2D eigenvalue weighted by Gasteiger charge is 2.45. The maximum absolute atomic E-state index is 14.3. The third kappa shape index (κ3) is 18.4. The summed E-state index contributed by atoms with van der Waals surface area (Å²) in [4.78, 5) is 134. The van der Waals surface area contributed by atoms with Crippen LogP contribution >= 0.6 is 0 Å². The fourth-order valence-corrected chi connectivity index (χ4v) is 9.04. The molecule has 3 aliphatic heterocycles. The molecule has 0 radical (unpaired) electrons. The molecule has 0 aromatic heterocycles. The van der Waals surface area contributed by atoms with E-state index in [2.05, 4.69) is 36.6 Å². The van der Waals surface area contributed by atoms with Gasteiger partial charge in [-0.2, -0.15) is 0 Å². The largest absolute Gasteiger partial charge is 0.480 e. The van der Waals surface area contributed by atoms with E-state index in [4.69, 9.17) is 34.4 Å². The number of aliphatic hydroxyl groups is 1. The van der Waals surface area contributed by atoms with Gasteiger partial charge in [0.2, 0.25) is 47.3 Å². The topological polar surface area (TPSA) is 445 Å². The molecule has 0 unspecified atom stereocenters. The van der Waals surface area contributed by atoms with Crippen LogP contribution in [0, 0.1) is 5.92 Å². The van der Waals surface area contributed by atoms with Gasteiger partial charge in [-0.25, -0.2) is 4.79 Å². The molecule has 3 rings (SSSR count). The number of aliphatic carboxylic acids is 1. The van der Waals surface area contributed by atoms with Crippen LogP contribution in [0.15, 0.2) is 9.98 Å². The number of unbranched alkanes of at least 4 members (excludes halogenated alkanes) is 1. The van der Waals surface area contributed by atoms with Gasteiger partial charge in [0.05, 0.1) is 12.6 Å². The first-order chi connectivity index (χ1) is 34.1. The molecule has 9 atom stereocenters. The van der Waals surface area contributed by atoms with Crippen molar-refractivity contribution >= 4 is 65.1 Å². The van der Waals surface area contributed by atoms with Crippen LogP contribution in [0.4, 0.5) is 0 Å². The highest BCUT2D eigenvalue weighted by molar-refractivity contribution is 5.98. The van der Waals surface area contributed by atoms with Crippen LogP contribution in [0.2, 0.25) is 0 Å². The molecular weight excluding hydrogens is 941 g/mol. The molecule has 8 amide bonds. The molecule has 406 valence electrons. The zero-order chi connectivity index (χ0) is 53.7. The Balaban J connectivity index is 1.75. The second-order valence-corrected chi connectivity index (χ2v) is 19.0. The molecule has 0 spiro atoms. The van der Waals surface area contributed by atoms with E-state index in [9.17, 15) is 53.4 Å². The zero-order valence-electron chi connectivity index (χ0n) is 41.9. The van der Waals surface area contributed by atoms with Gasteiger partial charge < -0.3 is 85.9 Å². The van der Waals surface area contributed by atoms with Crippen molar-refractivity contribution in [2.75, 3.05) is 45.9 Å². The Morgan fingerprint density at radius 2 is 1.06 bits per heavy atom. The maximum Gasteiger partial charge on any atom is 0.326 e. The number of carboxylic acid groups (broad SMARTS) is 1. The highest BCUT2D eigenvalue weighted by atomic mass is 16.4. The van der Waals surface area contributed by atoms with Crippen LogP contribution in [0.1, 0.15) is 111 Å². The van der Waals surface area contributed by atoms with Crippen LogP contribution < -0.4 is 61.0 Å². The summed E-state index contributed by atoms with van der Waals surface area (Å²) in [5, 5.41) is 33.0. The summed E-state index contributed by atoms with van der Waals surface area (Å²) in [6.45, 7) is 5.25. The van der Waals surface area contributed by atoms with Gasteiger partial charge in [-0.3, -0.25) is 48.3 Å². The predicted molar refractivity (Wildman–Crippen MR) is 264 cm³/mol. The van der Waals surface area contributed by atoms with E-state index in [1.165, 1.54) is 21.6 Å². The lowest BCUT2D eigenvalue weighted by Gasteiger charge is -2.33. The number of aliphatic hydroxyl groups excluding tert-OH is 1. The van der Waals surface area contributed by atoms with Crippen molar-refractivity contribution in [2.45, 2.75) is 165 Å². The molecule has 72 heavy (non-hydrogen) atoms. The molecule has 3 saturated heterocycles. The van der Waals surface area contributed by atoms with Crippen molar-refractivity contribution in [3.05, 3.63) is 0 Å². The molecule has 3 fully saturated rings. The van der Waals surface area contributed by atoms with E-state index < -0.39 is 114 Å². The fraction of sp³-hybridized carbons (Fsp3) is 0.756. The van der Waals surface area contributed by atoms with Crippen LogP contribution in [0.25, 0.3) is 0 Å². The third-order valence-corrected chi connectivity index (χ3v) is 12.8. The molecule has 0 aromatic carbocycles. The number of carboxylic acids is 1. The Morgan fingerprint density at radius 3 is 1.54 bits per heavy atom. The molecule has 3 aliphatic rings. The summed E-state index contributed by atoms with van der Waals surface area (Å²) in [5.74, 6) is -7.02. The number of rotatable bonds is 29. The van der Waals surface area contributed by atoms with Crippen molar-refractivity contribution in [1.29, 1.82) is 0 Å². The van der Waals surface area contributed by atoms with Gasteiger partial charge in [0.1, 0.15) is 48.3 Å². The van der Waals surface area contributed by atoms with Crippen LogP contribution in [-0.4, -0.2) is 190 Å². The minimum absolute atomic E-state index is 0.00198. The fourth-order valence-electron chi connectivity index (χ4n) is 9.04. The number of likely N-dealkylation sites (tertiary alicyclic amines) is 3. The maximum atomic E-state index is 14.3. The third-order valence-electron chi connectivity index (χ3n) is 12.8. The Kier molecular flexibility index (Phi) is 24.9. The van der Waals surface area contributed by atoms with Crippen molar-refractivity contribution in [2.24, 2.45) is 50.3 Å². The van der Waals surface area contributed by atoms with Gasteiger partial charge in [0.25, 0.3) is 0 Å². The van der Waals surface area contributed by atoms with Crippen LogP contribution in [-0.2, 0) is 43.2 Å². The molecule has 27 heteroatoms. The van der Waals surface area contributed by atoms with Crippen molar-refractivity contribution in [1.82, 2.24) is 41.3 Å². The van der Waals surface area contributed by atoms with Crippen molar-refractivity contribution in [3.8, 4) is 0 Å². The Morgan fingerprint density at radius 1 is 0.583 bits per heavy atom. The van der Waals surface area contributed by atoms with Gasteiger partial charge in [-0.05, 0) is 103 Å². The summed E-state index contributed by atoms with van der Waals surface area (Å²) in [7, 11) is 0. The monoisotopic (exact) mass is 1020 g/mol. The van der Waals surface area contributed by atoms with Gasteiger partial charge in [-0.1, -0.05) is 20.3 Å². The molecule has 0 aliphatic carbocycles. The molecule has 0 aromatic rings. The lowest BCUT2D eigenvalue weighted by atomic mass is 10.0. The number of guanidine groups is 2. The Labute approximate surface area is 420 Å². The average molecular weight is 1020 g/mol. The SMILES string of the molecule is CC(C)C[C@H](NC(=O)[C@H](C)NC(=O)[C@H](CCCN=C(N)N)NC(=O)[C@@H]1CCCN1C(=O)[C@@H]1CCCN1C(=O)[C@H](CO)NC(=O)[C@H](CCCN=C(N)N)NC(=O)[C@@H]1CCCN1C(=O)[C@@H](N)CCCCN)C(=O)O. The lowest BCUT2D eigenvalue weighted by molar-refractivity contribution is -0.148. The standard InChI is InChI=1S/C45H80N16O11/c1-25(2)23-30(43(71)72)57-35(63)26(3)54-36(64)28(12-6-18-52-44(48)49)55-39(67)33-15-9-21-60(33)42(70)34-16-10-22-61(34)41(69)31(24-62)58-37(65)29(13-7-19-53-45(50)51)56-38(66)32-14-8-20-59(32)40(68)27(47)11-4-5-17-46/h25-34,62H,4-24,46-47H2,1-3H3,(H,54,64)(H,55,67)(H,56,66)(H,57,63)(H,58,65)(H,71,72)(H4,48,49,52)(H4,50,51,53)/t26-,27-,28-,29-,30-,31-,32-,33-,34-/m0/s1. The lowest BCUT2D eigenvalue weighted by Crippen LogP contribution is -2.60. The van der Waals surface area contributed by atoms with E-state index in [-0.39, 0.29) is 89.0 Å². The van der Waals surface area contributed by atoms with Crippen LogP contribution in [0.5, 0.6) is 0 Å². The first-order valence-electron chi connectivity index (χ1n) is 24.9. The van der Waals surface area contributed by atoms with Crippen LogP contribution in [0.3, 0.4) is 0 Å². The number of nitrogens with zero attached hydrogens (tertiary/aromatic N) is 5. The minimum atomic E-state index is -1.55. The second-order valence-electron chi connectivity index (χ2n) is 19.0. The number of nitrogens with one attached hydrogen (secondary N) is 5. The molecule has 27 nitrogen and oxygen atoms in total. The molecule has 0 bridgehead atoms. The number of hydrogen-bond donors (Lipinski definition) is 13. The van der Waals surface area contributed by atoms with Crippen molar-refractivity contribution in [3.63, 3.8) is 0 Å². The summed E-state index contributed by atoms with van der Waals surface area (Å²) in [6.07, 6.45) is 4.36. The van der Waals surface area contributed by atoms with E-state index >= 15 is 0 Å². The summed E-state index contributed by atoms with van der Waals surface area (Å²) in [5.41, 5.74) is 33.6. The zero-order valence-corrected chi connectivity index (χ0v) is 41.9. The van der Waals surface area contributed by atoms with E-state index in [0.29, 0.717) is 58.0 Å². The van der Waals surface area contributed by atoms with E-state index in [0.717, 1.165) is 0 Å². The van der Waals surface area contributed by atoms with Gasteiger partial charge in [0, 0.05) is 32.7 Å². The minimum Gasteiger partial charge on any atom is -0.480 e. The first kappa shape index (κ1) is 60.0. The number of hydrogen-bond acceptors (Lipinski definition) is 14. The summed E-state index contributed by atoms with van der Waals surface area (Å²) in [6, 6.07) is -10.3. The number of amides is 8. The molecular formula is C45H80N16O11. The molecule has 19 N–H and O–H groups in total. The summed E-state index contributed by atoms with van der Waals surface area (Å²) < 4.78 is 0. The molecule has 0 saturated carbocycles. The van der Waals surface area contributed by atoms with E-state index in [1.807, 2.05) is 0 Å². The Bertz CT molecular complexity index is 1950. The Hall–Kier alpha value is -6.35. The normalized spacial score (nSPS) is 20.0. The number of nitrogens with two attached hydrogens (primary N) is 6. The second kappa shape index (κ2) is 29.9. The van der Waals surface area contributed by atoms with Gasteiger partial charge in [-0.15, -0.1) is 0 Å². The highest BCUT2D eigenvalue weighted by Crippen LogP contribution is 2.26. The number of aliphatic imine (C=N–C) groups is 2. The summed E-state index contributed by atoms with van der Waals surface area (Å²) >= 11 is 0. The average Bonchev–Trinajstić information content (AvgIpc) is 4.14. The van der Waals surface area contributed by atoms with E-state index in [1.54, 1.807) is 13.8 Å². The number of carbonyl (C=O) groups is 9. The van der Waals surface area contributed by atoms with Crippen molar-refractivity contribution < 1.29 is 53.4 Å². The number of carbonyl (C=O) groups excluding carboxylic acids is 8. The smallest absolute Gasteiger partial charge is 0.326 e.